The molecule has 0 aliphatic heterocycles. The van der Waals surface area contributed by atoms with E-state index in [1.807, 2.05) is 6.92 Å². The summed E-state index contributed by atoms with van der Waals surface area (Å²) < 4.78 is 55.2. The molecular formula is C20H18Cl2N2O5S2. The van der Waals surface area contributed by atoms with Gasteiger partial charge in [-0.3, -0.25) is 9.44 Å². The number of phenolic OH excluding ortho intramolecular Hbond substituents is 1. The lowest BCUT2D eigenvalue weighted by molar-refractivity contribution is 0.478. The Bertz CT molecular complexity index is 1240. The van der Waals surface area contributed by atoms with E-state index in [0.717, 1.165) is 17.2 Å². The van der Waals surface area contributed by atoms with E-state index in [4.69, 9.17) is 23.2 Å². The minimum atomic E-state index is -4.09. The lowest BCUT2D eigenvalue weighted by Crippen LogP contribution is -2.15. The molecule has 0 fully saturated rings. The van der Waals surface area contributed by atoms with Crippen LogP contribution in [-0.4, -0.2) is 21.9 Å². The molecule has 3 rings (SSSR count). The summed E-state index contributed by atoms with van der Waals surface area (Å²) in [5.41, 5.74) is 1.20. The van der Waals surface area contributed by atoms with Crippen molar-refractivity contribution in [2.45, 2.75) is 23.6 Å². The van der Waals surface area contributed by atoms with E-state index < -0.39 is 30.8 Å². The second-order valence-electron chi connectivity index (χ2n) is 6.79. The molecule has 31 heavy (non-hydrogen) atoms. The van der Waals surface area contributed by atoms with Crippen molar-refractivity contribution in [3.8, 4) is 5.75 Å². The van der Waals surface area contributed by atoms with Crippen LogP contribution < -0.4 is 9.44 Å². The first-order valence-electron chi connectivity index (χ1n) is 8.80. The van der Waals surface area contributed by atoms with Crippen molar-refractivity contribution >= 4 is 54.6 Å². The van der Waals surface area contributed by atoms with E-state index >= 15 is 0 Å². The highest BCUT2D eigenvalue weighted by Gasteiger charge is 2.23. The van der Waals surface area contributed by atoms with Gasteiger partial charge in [0.05, 0.1) is 26.2 Å². The van der Waals surface area contributed by atoms with Crippen LogP contribution in [0.5, 0.6) is 5.75 Å². The van der Waals surface area contributed by atoms with E-state index in [9.17, 15) is 21.9 Å². The maximum Gasteiger partial charge on any atom is 0.262 e. The number of phenols is 1. The van der Waals surface area contributed by atoms with Gasteiger partial charge in [-0.1, -0.05) is 58.6 Å². The van der Waals surface area contributed by atoms with Gasteiger partial charge >= 0.3 is 0 Å². The first-order valence-corrected chi connectivity index (χ1v) is 12.5. The summed E-state index contributed by atoms with van der Waals surface area (Å²) in [5, 5.41) is 9.59. The van der Waals surface area contributed by atoms with Gasteiger partial charge in [-0.25, -0.2) is 16.8 Å². The molecule has 0 unspecified atom stereocenters. The molecule has 0 aliphatic rings. The molecule has 0 aromatic heterocycles. The fourth-order valence-electron chi connectivity index (χ4n) is 2.61. The van der Waals surface area contributed by atoms with Crippen molar-refractivity contribution in [3.63, 3.8) is 0 Å². The summed E-state index contributed by atoms with van der Waals surface area (Å²) in [5.74, 6) is -0.638. The standard InChI is InChI=1S/C20H18Cl2N2O5S2/c1-12-3-7-14(8-4-12)30(26,27)23-16-11-17(20(25)19(22)18(16)21)24-31(28,29)15-9-5-13(2)6-10-15/h3-11,23-25H,1-2H3. The van der Waals surface area contributed by atoms with E-state index in [2.05, 4.69) is 9.44 Å². The molecule has 11 heteroatoms. The van der Waals surface area contributed by atoms with Gasteiger partial charge in [0.1, 0.15) is 5.02 Å². The third kappa shape index (κ3) is 5.07. The molecule has 0 aliphatic carbocycles. The van der Waals surface area contributed by atoms with Crippen molar-refractivity contribution in [3.05, 3.63) is 75.8 Å². The number of benzene rings is 3. The van der Waals surface area contributed by atoms with E-state index in [-0.39, 0.29) is 26.2 Å². The van der Waals surface area contributed by atoms with Crippen LogP contribution in [0.2, 0.25) is 10.0 Å². The van der Waals surface area contributed by atoms with Crippen LogP contribution in [0.4, 0.5) is 11.4 Å². The highest BCUT2D eigenvalue weighted by atomic mass is 35.5. The highest BCUT2D eigenvalue weighted by Crippen LogP contribution is 2.43. The monoisotopic (exact) mass is 500 g/mol. The molecule has 0 atom stereocenters. The molecule has 3 aromatic carbocycles. The van der Waals surface area contributed by atoms with Gasteiger partial charge in [0.25, 0.3) is 20.0 Å². The Balaban J connectivity index is 2.00. The first kappa shape index (κ1) is 23.2. The van der Waals surface area contributed by atoms with Gasteiger partial charge < -0.3 is 5.11 Å². The zero-order chi connectivity index (χ0) is 23.0. The number of nitrogens with one attached hydrogen (secondary N) is 2. The molecule has 0 spiro atoms. The predicted molar refractivity (Wildman–Crippen MR) is 122 cm³/mol. The number of rotatable bonds is 6. The van der Waals surface area contributed by atoms with Crippen molar-refractivity contribution in [1.82, 2.24) is 0 Å². The topological polar surface area (TPSA) is 113 Å². The predicted octanol–water partition coefficient (Wildman–Crippen LogP) is 4.92. The lowest BCUT2D eigenvalue weighted by Gasteiger charge is -2.16. The lowest BCUT2D eigenvalue weighted by atomic mass is 10.2. The minimum Gasteiger partial charge on any atom is -0.504 e. The summed E-state index contributed by atoms with van der Waals surface area (Å²) >= 11 is 12.1. The highest BCUT2D eigenvalue weighted by molar-refractivity contribution is 7.93. The van der Waals surface area contributed by atoms with E-state index in [0.29, 0.717) is 0 Å². The number of anilines is 2. The second kappa shape index (κ2) is 8.58. The van der Waals surface area contributed by atoms with Crippen LogP contribution in [0.25, 0.3) is 0 Å². The number of aryl methyl sites for hydroxylation is 2. The Morgan fingerprint density at radius 3 is 1.48 bits per heavy atom. The largest absolute Gasteiger partial charge is 0.504 e. The van der Waals surface area contributed by atoms with Crippen molar-refractivity contribution in [2.75, 3.05) is 9.44 Å². The molecule has 3 aromatic rings. The van der Waals surface area contributed by atoms with Crippen LogP contribution in [0.15, 0.2) is 64.4 Å². The van der Waals surface area contributed by atoms with E-state index in [1.165, 1.54) is 24.3 Å². The summed E-state index contributed by atoms with van der Waals surface area (Å²) in [6.45, 7) is 3.62. The average molecular weight is 501 g/mol. The third-order valence-electron chi connectivity index (χ3n) is 4.33. The number of hydrogen-bond acceptors (Lipinski definition) is 5. The smallest absolute Gasteiger partial charge is 0.262 e. The second-order valence-corrected chi connectivity index (χ2v) is 10.9. The normalized spacial score (nSPS) is 11.9. The molecule has 0 radical (unpaired) electrons. The fraction of sp³-hybridized carbons (Fsp3) is 0.100. The summed E-state index contributed by atoms with van der Waals surface area (Å²) in [4.78, 5) is -0.0782. The van der Waals surface area contributed by atoms with Crippen molar-refractivity contribution in [2.24, 2.45) is 0 Å². The molecule has 3 N–H and O–H groups in total. The molecule has 0 saturated carbocycles. The number of halogens is 2. The Morgan fingerprint density at radius 1 is 0.677 bits per heavy atom. The molecular weight excluding hydrogens is 483 g/mol. The third-order valence-corrected chi connectivity index (χ3v) is 7.95. The number of sulfonamides is 2. The Morgan fingerprint density at radius 2 is 1.06 bits per heavy atom. The van der Waals surface area contributed by atoms with Gasteiger partial charge in [-0.05, 0) is 44.2 Å². The van der Waals surface area contributed by atoms with Crippen LogP contribution >= 0.6 is 23.2 Å². The fourth-order valence-corrected chi connectivity index (χ4v) is 5.18. The molecule has 7 nitrogen and oxygen atoms in total. The molecule has 0 saturated heterocycles. The zero-order valence-electron chi connectivity index (χ0n) is 16.3. The van der Waals surface area contributed by atoms with Gasteiger partial charge in [0, 0.05) is 0 Å². The van der Waals surface area contributed by atoms with Crippen molar-refractivity contribution < 1.29 is 21.9 Å². The van der Waals surface area contributed by atoms with E-state index in [1.54, 1.807) is 31.2 Å². The number of hydrogen-bond donors (Lipinski definition) is 3. The minimum absolute atomic E-state index is 0.0276. The first-order chi connectivity index (χ1) is 14.4. The number of aromatic hydroxyl groups is 1. The summed E-state index contributed by atoms with van der Waals surface area (Å²) in [7, 11) is -8.14. The Labute approximate surface area is 190 Å². The molecule has 164 valence electrons. The average Bonchev–Trinajstić information content (AvgIpc) is 2.70. The molecule has 0 bridgehead atoms. The van der Waals surface area contributed by atoms with Crippen molar-refractivity contribution in [1.29, 1.82) is 0 Å². The maximum atomic E-state index is 12.7. The van der Waals surface area contributed by atoms with Crippen LogP contribution in [-0.2, 0) is 20.0 Å². The summed E-state index contributed by atoms with van der Waals surface area (Å²) in [6.07, 6.45) is 0. The SMILES string of the molecule is Cc1ccc(S(=O)(=O)Nc2cc(NS(=O)(=O)c3ccc(C)cc3)c(Cl)c(Cl)c2O)cc1. The Kier molecular flexibility index (Phi) is 6.43. The van der Waals surface area contributed by atoms with Gasteiger partial charge in [0.15, 0.2) is 5.75 Å². The van der Waals surface area contributed by atoms with Crippen LogP contribution in [0.3, 0.4) is 0 Å². The Hall–Kier alpha value is -2.46. The van der Waals surface area contributed by atoms with Crippen LogP contribution in [0, 0.1) is 13.8 Å². The quantitative estimate of drug-likeness (QED) is 0.328. The van der Waals surface area contributed by atoms with Gasteiger partial charge in [-0.2, -0.15) is 0 Å². The van der Waals surface area contributed by atoms with Gasteiger partial charge in [-0.15, -0.1) is 0 Å². The molecule has 0 heterocycles. The zero-order valence-corrected chi connectivity index (χ0v) is 19.5. The summed E-state index contributed by atoms with van der Waals surface area (Å²) in [6, 6.07) is 13.2. The van der Waals surface area contributed by atoms with Crippen LogP contribution in [0.1, 0.15) is 11.1 Å². The maximum absolute atomic E-state index is 12.7. The van der Waals surface area contributed by atoms with Gasteiger partial charge in [0.2, 0.25) is 0 Å². The molecule has 0 amide bonds.